The molecule has 1 aromatic heterocycles. The molecule has 4 rings (SSSR count). The highest BCUT2D eigenvalue weighted by Crippen LogP contribution is 2.32. The number of benzene rings is 3. The van der Waals surface area contributed by atoms with Gasteiger partial charge in [-0.25, -0.2) is 18.0 Å². The third kappa shape index (κ3) is 4.84. The summed E-state index contributed by atoms with van der Waals surface area (Å²) in [6.45, 7) is 6.96. The summed E-state index contributed by atoms with van der Waals surface area (Å²) in [5.74, 6) is -0.459. The molecule has 1 N–H and O–H groups in total. The zero-order chi connectivity index (χ0) is 26.2. The van der Waals surface area contributed by atoms with Crippen molar-refractivity contribution in [1.82, 2.24) is 4.72 Å². The summed E-state index contributed by atoms with van der Waals surface area (Å²) in [6.07, 6.45) is 0. The van der Waals surface area contributed by atoms with Gasteiger partial charge in [-0.05, 0) is 62.2 Å². The van der Waals surface area contributed by atoms with Gasteiger partial charge in [-0.2, -0.15) is 4.72 Å². The van der Waals surface area contributed by atoms with E-state index < -0.39 is 33.6 Å². The molecular formula is C27H27NO7S. The third-order valence-corrected chi connectivity index (χ3v) is 7.49. The fourth-order valence-corrected chi connectivity index (χ4v) is 5.24. The van der Waals surface area contributed by atoms with Crippen LogP contribution in [0, 0.1) is 19.8 Å². The maximum absolute atomic E-state index is 13.1. The molecule has 0 saturated carbocycles. The molecule has 0 aliphatic rings. The number of hydrogen-bond donors (Lipinski definition) is 1. The van der Waals surface area contributed by atoms with E-state index in [1.165, 1.54) is 19.2 Å². The summed E-state index contributed by atoms with van der Waals surface area (Å²) in [5.41, 5.74) is 1.09. The third-order valence-electron chi connectivity index (χ3n) is 6.03. The van der Waals surface area contributed by atoms with Crippen molar-refractivity contribution in [3.63, 3.8) is 0 Å². The number of carbonyl (C=O) groups is 1. The molecule has 0 bridgehead atoms. The lowest BCUT2D eigenvalue weighted by Gasteiger charge is -2.21. The van der Waals surface area contributed by atoms with E-state index in [2.05, 4.69) is 4.72 Å². The second-order valence-electron chi connectivity index (χ2n) is 8.94. The second kappa shape index (κ2) is 9.75. The van der Waals surface area contributed by atoms with E-state index in [-0.39, 0.29) is 16.2 Å². The Balaban J connectivity index is 1.67. The lowest BCUT2D eigenvalue weighted by atomic mass is 10.0. The molecule has 188 valence electrons. The van der Waals surface area contributed by atoms with E-state index in [1.54, 1.807) is 63.2 Å². The molecule has 8 nitrogen and oxygen atoms in total. The molecular weight excluding hydrogens is 482 g/mol. The van der Waals surface area contributed by atoms with Crippen molar-refractivity contribution in [3.8, 4) is 11.5 Å². The number of hydrogen-bond acceptors (Lipinski definition) is 7. The van der Waals surface area contributed by atoms with Crippen LogP contribution in [-0.4, -0.2) is 27.5 Å². The van der Waals surface area contributed by atoms with Crippen LogP contribution >= 0.6 is 0 Å². The van der Waals surface area contributed by atoms with Crippen molar-refractivity contribution < 1.29 is 27.1 Å². The van der Waals surface area contributed by atoms with Crippen molar-refractivity contribution in [2.45, 2.75) is 38.6 Å². The Bertz CT molecular complexity index is 1620. The normalized spacial score (nSPS) is 12.7. The fraction of sp³-hybridized carbons (Fsp3) is 0.259. The van der Waals surface area contributed by atoms with Gasteiger partial charge in [0.05, 0.1) is 17.4 Å². The highest BCUT2D eigenvalue weighted by Gasteiger charge is 2.30. The summed E-state index contributed by atoms with van der Waals surface area (Å²) >= 11 is 0. The number of nitrogens with one attached hydrogen (secondary N) is 1. The fourth-order valence-electron chi connectivity index (χ4n) is 3.91. The Morgan fingerprint density at radius 3 is 2.25 bits per heavy atom. The molecule has 0 fully saturated rings. The molecule has 0 radical (unpaired) electrons. The van der Waals surface area contributed by atoms with Gasteiger partial charge in [-0.3, -0.25) is 0 Å². The molecule has 0 spiro atoms. The largest absolute Gasteiger partial charge is 0.497 e. The monoisotopic (exact) mass is 509 g/mol. The highest BCUT2D eigenvalue weighted by atomic mass is 32.2. The Morgan fingerprint density at radius 1 is 0.944 bits per heavy atom. The number of fused-ring (bicyclic) bond motifs is 3. The van der Waals surface area contributed by atoms with Crippen molar-refractivity contribution >= 4 is 37.7 Å². The molecule has 3 aromatic carbocycles. The van der Waals surface area contributed by atoms with Gasteiger partial charge in [0.15, 0.2) is 0 Å². The standard InChI is InChI=1S/C27H27NO7S/c1-15(2)24(28-36(31,32)19-9-6-16(3)7-10-19)27(30)34-23-13-12-21-20-11-8-18(33-5)14-22(20)26(29)35-25(21)17(23)4/h6-15,24,28H,1-5H3/t24-/m1/s1. The van der Waals surface area contributed by atoms with Crippen LogP contribution in [0.2, 0.25) is 0 Å². The van der Waals surface area contributed by atoms with Crippen LogP contribution in [0.25, 0.3) is 21.7 Å². The Morgan fingerprint density at radius 2 is 1.61 bits per heavy atom. The van der Waals surface area contributed by atoms with Crippen molar-refractivity contribution in [1.29, 1.82) is 0 Å². The molecule has 0 aliphatic carbocycles. The van der Waals surface area contributed by atoms with Crippen LogP contribution in [0.4, 0.5) is 0 Å². The first-order valence-electron chi connectivity index (χ1n) is 11.4. The van der Waals surface area contributed by atoms with Gasteiger partial charge >= 0.3 is 11.6 Å². The topological polar surface area (TPSA) is 112 Å². The smallest absolute Gasteiger partial charge is 0.344 e. The average molecular weight is 510 g/mol. The van der Waals surface area contributed by atoms with E-state index in [1.807, 2.05) is 6.92 Å². The van der Waals surface area contributed by atoms with Crippen molar-refractivity contribution in [2.24, 2.45) is 5.92 Å². The van der Waals surface area contributed by atoms with Crippen LogP contribution in [0.1, 0.15) is 25.0 Å². The lowest BCUT2D eigenvalue weighted by Crippen LogP contribution is -2.46. The van der Waals surface area contributed by atoms with Crippen molar-refractivity contribution in [3.05, 3.63) is 76.1 Å². The van der Waals surface area contributed by atoms with Crippen LogP contribution in [0.15, 0.2) is 68.7 Å². The molecule has 1 atom stereocenters. The average Bonchev–Trinajstić information content (AvgIpc) is 2.84. The number of aryl methyl sites for hydroxylation is 2. The Labute approximate surface area is 208 Å². The molecule has 0 aliphatic heterocycles. The van der Waals surface area contributed by atoms with Crippen molar-refractivity contribution in [2.75, 3.05) is 7.11 Å². The first kappa shape index (κ1) is 25.4. The maximum atomic E-state index is 13.1. The zero-order valence-corrected chi connectivity index (χ0v) is 21.4. The predicted molar refractivity (Wildman–Crippen MR) is 137 cm³/mol. The maximum Gasteiger partial charge on any atom is 0.344 e. The second-order valence-corrected chi connectivity index (χ2v) is 10.7. The highest BCUT2D eigenvalue weighted by molar-refractivity contribution is 7.89. The van der Waals surface area contributed by atoms with E-state index in [0.29, 0.717) is 27.5 Å². The van der Waals surface area contributed by atoms with Gasteiger partial charge < -0.3 is 13.9 Å². The van der Waals surface area contributed by atoms with Crippen LogP contribution < -0.4 is 19.8 Å². The predicted octanol–water partition coefficient (Wildman–Crippen LogP) is 4.48. The SMILES string of the molecule is COc1ccc2c(c1)c(=O)oc1c(C)c(OC(=O)[C@H](NS(=O)(=O)c3ccc(C)cc3)C(C)C)ccc12. The van der Waals surface area contributed by atoms with Crippen LogP contribution in [0.5, 0.6) is 11.5 Å². The van der Waals surface area contributed by atoms with E-state index in [0.717, 1.165) is 5.56 Å². The molecule has 0 unspecified atom stereocenters. The molecule has 0 amide bonds. The summed E-state index contributed by atoms with van der Waals surface area (Å²) < 4.78 is 44.6. The number of sulfonamides is 1. The van der Waals surface area contributed by atoms with E-state index in [9.17, 15) is 18.0 Å². The summed E-state index contributed by atoms with van der Waals surface area (Å²) in [4.78, 5) is 25.8. The van der Waals surface area contributed by atoms with Gasteiger partial charge in [-0.15, -0.1) is 0 Å². The summed E-state index contributed by atoms with van der Waals surface area (Å²) in [5, 5.41) is 1.72. The first-order valence-corrected chi connectivity index (χ1v) is 12.8. The Kier molecular flexibility index (Phi) is 6.88. The minimum Gasteiger partial charge on any atom is -0.497 e. The van der Waals surface area contributed by atoms with Gasteiger partial charge in [-0.1, -0.05) is 31.5 Å². The van der Waals surface area contributed by atoms with Gasteiger partial charge in [0.2, 0.25) is 10.0 Å². The number of ether oxygens (including phenoxy) is 2. The molecule has 4 aromatic rings. The van der Waals surface area contributed by atoms with Gasteiger partial charge in [0.1, 0.15) is 23.1 Å². The number of rotatable bonds is 7. The number of carbonyl (C=O) groups excluding carboxylic acids is 1. The van der Waals surface area contributed by atoms with E-state index in [4.69, 9.17) is 13.9 Å². The number of methoxy groups -OCH3 is 1. The van der Waals surface area contributed by atoms with Gasteiger partial charge in [0, 0.05) is 16.3 Å². The summed E-state index contributed by atoms with van der Waals surface area (Å²) in [7, 11) is -2.45. The zero-order valence-electron chi connectivity index (χ0n) is 20.6. The minimum absolute atomic E-state index is 0.0544. The quantitative estimate of drug-likeness (QED) is 0.169. The molecule has 36 heavy (non-hydrogen) atoms. The van der Waals surface area contributed by atoms with Gasteiger partial charge in [0.25, 0.3) is 0 Å². The molecule has 9 heteroatoms. The molecule has 0 saturated heterocycles. The van der Waals surface area contributed by atoms with E-state index >= 15 is 0 Å². The van der Waals surface area contributed by atoms with Crippen LogP contribution in [-0.2, 0) is 14.8 Å². The first-order chi connectivity index (χ1) is 17.0. The van der Waals surface area contributed by atoms with Crippen LogP contribution in [0.3, 0.4) is 0 Å². The molecule has 1 heterocycles. The lowest BCUT2D eigenvalue weighted by molar-refractivity contribution is -0.137. The number of esters is 1. The minimum atomic E-state index is -3.96. The summed E-state index contributed by atoms with van der Waals surface area (Å²) in [6, 6.07) is 13.6. The Hall–Kier alpha value is -3.69.